The van der Waals surface area contributed by atoms with Gasteiger partial charge >= 0.3 is 0 Å². The van der Waals surface area contributed by atoms with E-state index >= 15 is 0 Å². The highest BCUT2D eigenvalue weighted by atomic mass is 16.5. The van der Waals surface area contributed by atoms with Gasteiger partial charge in [0.25, 0.3) is 5.91 Å². The molecule has 1 fully saturated rings. The maximum atomic E-state index is 13.2. The van der Waals surface area contributed by atoms with Gasteiger partial charge in [0.2, 0.25) is 0 Å². The first-order chi connectivity index (χ1) is 15.6. The predicted octanol–water partition coefficient (Wildman–Crippen LogP) is 4.56. The summed E-state index contributed by atoms with van der Waals surface area (Å²) in [4.78, 5) is 17.6. The third kappa shape index (κ3) is 4.63. The second-order valence-electron chi connectivity index (χ2n) is 8.12. The number of methoxy groups -OCH3 is 2. The molecule has 1 amide bonds. The number of rotatable bonds is 6. The van der Waals surface area contributed by atoms with E-state index in [1.807, 2.05) is 4.90 Å². The minimum atomic E-state index is -0.00394. The first kappa shape index (κ1) is 21.9. The van der Waals surface area contributed by atoms with Gasteiger partial charge in [-0.1, -0.05) is 60.2 Å². The van der Waals surface area contributed by atoms with Gasteiger partial charge in [0, 0.05) is 32.2 Å². The molecule has 5 heteroatoms. The standard InChI is InChI=1S/C27H30N2O3/c1-20-9-11-22(12-10-20)26(21-7-5-4-6-8-21)28-15-17-29(18-16-28)27(30)24-14-13-23(31-2)19-25(24)32-3/h4-14,19,26H,15-18H2,1-3H3. The summed E-state index contributed by atoms with van der Waals surface area (Å²) in [5.41, 5.74) is 4.37. The summed E-state index contributed by atoms with van der Waals surface area (Å²) in [6.07, 6.45) is 0. The molecule has 1 heterocycles. The van der Waals surface area contributed by atoms with Gasteiger partial charge in [0.05, 0.1) is 25.8 Å². The Kier molecular flexibility index (Phi) is 6.76. The van der Waals surface area contributed by atoms with Crippen molar-refractivity contribution >= 4 is 5.91 Å². The smallest absolute Gasteiger partial charge is 0.257 e. The van der Waals surface area contributed by atoms with Crippen molar-refractivity contribution in [1.29, 1.82) is 0 Å². The molecule has 0 aliphatic carbocycles. The highest BCUT2D eigenvalue weighted by molar-refractivity contribution is 5.97. The van der Waals surface area contributed by atoms with Crippen LogP contribution < -0.4 is 9.47 Å². The Morgan fingerprint density at radius 2 is 1.47 bits per heavy atom. The average molecular weight is 431 g/mol. The Hall–Kier alpha value is -3.31. The molecular weight excluding hydrogens is 400 g/mol. The topological polar surface area (TPSA) is 42.0 Å². The van der Waals surface area contributed by atoms with Crippen molar-refractivity contribution in [3.05, 3.63) is 95.1 Å². The third-order valence-electron chi connectivity index (χ3n) is 6.11. The SMILES string of the molecule is COc1ccc(C(=O)N2CCN(C(c3ccccc3)c3ccc(C)cc3)CC2)c(OC)c1. The van der Waals surface area contributed by atoms with E-state index in [1.54, 1.807) is 32.4 Å². The van der Waals surface area contributed by atoms with Crippen LogP contribution >= 0.6 is 0 Å². The van der Waals surface area contributed by atoms with Crippen LogP contribution in [0.5, 0.6) is 11.5 Å². The Balaban J connectivity index is 1.52. The molecule has 0 bridgehead atoms. The Labute approximate surface area is 190 Å². The zero-order valence-corrected chi connectivity index (χ0v) is 19.0. The number of aryl methyl sites for hydroxylation is 1. The molecule has 1 unspecified atom stereocenters. The number of carbonyl (C=O) groups excluding carboxylic acids is 1. The van der Waals surface area contributed by atoms with E-state index in [0.717, 1.165) is 13.1 Å². The molecule has 4 rings (SSSR count). The van der Waals surface area contributed by atoms with Crippen LogP contribution in [0.3, 0.4) is 0 Å². The van der Waals surface area contributed by atoms with Crippen molar-refractivity contribution in [2.75, 3.05) is 40.4 Å². The molecule has 0 N–H and O–H groups in total. The van der Waals surface area contributed by atoms with Crippen LogP contribution in [-0.4, -0.2) is 56.1 Å². The summed E-state index contributed by atoms with van der Waals surface area (Å²) >= 11 is 0. The molecule has 1 aliphatic rings. The summed E-state index contributed by atoms with van der Waals surface area (Å²) in [5, 5.41) is 0. The number of carbonyl (C=O) groups is 1. The molecule has 1 aliphatic heterocycles. The number of hydrogen-bond donors (Lipinski definition) is 0. The van der Waals surface area contributed by atoms with Crippen LogP contribution in [0.25, 0.3) is 0 Å². The highest BCUT2D eigenvalue weighted by Gasteiger charge is 2.29. The lowest BCUT2D eigenvalue weighted by Gasteiger charge is -2.40. The van der Waals surface area contributed by atoms with Crippen LogP contribution in [0.15, 0.2) is 72.8 Å². The van der Waals surface area contributed by atoms with E-state index in [1.165, 1.54) is 16.7 Å². The predicted molar refractivity (Wildman–Crippen MR) is 126 cm³/mol. The summed E-state index contributed by atoms with van der Waals surface area (Å²) in [6.45, 7) is 5.06. The third-order valence-corrected chi connectivity index (χ3v) is 6.11. The summed E-state index contributed by atoms with van der Waals surface area (Å²) < 4.78 is 10.7. The monoisotopic (exact) mass is 430 g/mol. The number of hydrogen-bond acceptors (Lipinski definition) is 4. The quantitative estimate of drug-likeness (QED) is 0.575. The molecule has 0 radical (unpaired) electrons. The second-order valence-corrected chi connectivity index (χ2v) is 8.12. The van der Waals surface area contributed by atoms with Gasteiger partial charge in [-0.05, 0) is 30.2 Å². The molecular formula is C27H30N2O3. The zero-order chi connectivity index (χ0) is 22.5. The Morgan fingerprint density at radius 1 is 0.812 bits per heavy atom. The Morgan fingerprint density at radius 3 is 2.09 bits per heavy atom. The van der Waals surface area contributed by atoms with Gasteiger partial charge in [-0.2, -0.15) is 0 Å². The van der Waals surface area contributed by atoms with Crippen molar-refractivity contribution in [3.8, 4) is 11.5 Å². The molecule has 1 saturated heterocycles. The van der Waals surface area contributed by atoms with Crippen LogP contribution in [0.1, 0.15) is 33.1 Å². The zero-order valence-electron chi connectivity index (χ0n) is 19.0. The van der Waals surface area contributed by atoms with E-state index in [0.29, 0.717) is 30.2 Å². The minimum Gasteiger partial charge on any atom is -0.497 e. The molecule has 32 heavy (non-hydrogen) atoms. The fourth-order valence-electron chi connectivity index (χ4n) is 4.33. The van der Waals surface area contributed by atoms with Gasteiger partial charge in [-0.25, -0.2) is 0 Å². The van der Waals surface area contributed by atoms with Gasteiger partial charge in [0.1, 0.15) is 11.5 Å². The fraction of sp³-hybridized carbons (Fsp3) is 0.296. The number of nitrogens with zero attached hydrogens (tertiary/aromatic N) is 2. The average Bonchev–Trinajstić information content (AvgIpc) is 2.85. The molecule has 0 spiro atoms. The maximum absolute atomic E-state index is 13.2. The number of piperazine rings is 1. The summed E-state index contributed by atoms with van der Waals surface area (Å²) in [5.74, 6) is 1.21. The minimum absolute atomic E-state index is 0.00394. The normalized spacial score (nSPS) is 15.3. The molecule has 3 aromatic rings. The molecule has 0 aromatic heterocycles. The number of amides is 1. The van der Waals surface area contributed by atoms with Crippen molar-refractivity contribution in [3.63, 3.8) is 0 Å². The molecule has 3 aromatic carbocycles. The summed E-state index contributed by atoms with van der Waals surface area (Å²) in [7, 11) is 3.18. The number of ether oxygens (including phenoxy) is 2. The number of benzene rings is 3. The summed E-state index contributed by atoms with van der Waals surface area (Å²) in [6, 6.07) is 24.9. The van der Waals surface area contributed by atoms with Crippen LogP contribution in [0, 0.1) is 6.92 Å². The Bertz CT molecular complexity index is 1040. The maximum Gasteiger partial charge on any atom is 0.257 e. The van der Waals surface area contributed by atoms with Crippen molar-refractivity contribution in [2.45, 2.75) is 13.0 Å². The lowest BCUT2D eigenvalue weighted by molar-refractivity contribution is 0.0594. The lowest BCUT2D eigenvalue weighted by atomic mass is 9.95. The largest absolute Gasteiger partial charge is 0.497 e. The van der Waals surface area contributed by atoms with E-state index in [-0.39, 0.29) is 11.9 Å². The van der Waals surface area contributed by atoms with E-state index in [4.69, 9.17) is 9.47 Å². The van der Waals surface area contributed by atoms with Crippen molar-refractivity contribution in [1.82, 2.24) is 9.80 Å². The van der Waals surface area contributed by atoms with Crippen LogP contribution in [-0.2, 0) is 0 Å². The molecule has 166 valence electrons. The first-order valence-electron chi connectivity index (χ1n) is 11.0. The molecule has 0 saturated carbocycles. The molecule has 1 atom stereocenters. The highest BCUT2D eigenvalue weighted by Crippen LogP contribution is 2.31. The van der Waals surface area contributed by atoms with E-state index in [2.05, 4.69) is 66.4 Å². The first-order valence-corrected chi connectivity index (χ1v) is 11.0. The van der Waals surface area contributed by atoms with Crippen LogP contribution in [0.2, 0.25) is 0 Å². The van der Waals surface area contributed by atoms with Crippen molar-refractivity contribution in [2.24, 2.45) is 0 Å². The van der Waals surface area contributed by atoms with Gasteiger partial charge < -0.3 is 14.4 Å². The second kappa shape index (κ2) is 9.88. The molecule has 5 nitrogen and oxygen atoms in total. The van der Waals surface area contributed by atoms with Gasteiger partial charge in [0.15, 0.2) is 0 Å². The van der Waals surface area contributed by atoms with E-state index < -0.39 is 0 Å². The van der Waals surface area contributed by atoms with E-state index in [9.17, 15) is 4.79 Å². The van der Waals surface area contributed by atoms with Gasteiger partial charge in [-0.3, -0.25) is 9.69 Å². The lowest BCUT2D eigenvalue weighted by Crippen LogP contribution is -2.49. The van der Waals surface area contributed by atoms with Crippen molar-refractivity contribution < 1.29 is 14.3 Å². The van der Waals surface area contributed by atoms with Gasteiger partial charge in [-0.15, -0.1) is 0 Å². The van der Waals surface area contributed by atoms with Crippen LogP contribution in [0.4, 0.5) is 0 Å². The fourth-order valence-corrected chi connectivity index (χ4v) is 4.33.